The Bertz CT molecular complexity index is 268. The highest BCUT2D eigenvalue weighted by Gasteiger charge is 2.26. The molecule has 0 saturated heterocycles. The highest BCUT2D eigenvalue weighted by Crippen LogP contribution is 2.34. The van der Waals surface area contributed by atoms with Crippen LogP contribution in [-0.2, 0) is 6.42 Å². The Morgan fingerprint density at radius 1 is 1.40 bits per heavy atom. The van der Waals surface area contributed by atoms with Crippen molar-refractivity contribution in [2.24, 2.45) is 11.8 Å². The molecule has 1 aromatic heterocycles. The average molecular weight is 223 g/mol. The standard InChI is InChI=1S/C13H21NS/c1-2-14-9-13-5-3-4-12(13)8-11-6-7-15-10-11/h6-7,10,12-14H,2-5,8-9H2,1H3. The van der Waals surface area contributed by atoms with E-state index in [0.29, 0.717) is 0 Å². The molecule has 1 N–H and O–H groups in total. The van der Waals surface area contributed by atoms with Crippen LogP contribution in [0.2, 0.25) is 0 Å². The zero-order chi connectivity index (χ0) is 10.5. The van der Waals surface area contributed by atoms with Gasteiger partial charge >= 0.3 is 0 Å². The first-order chi connectivity index (χ1) is 7.40. The molecular weight excluding hydrogens is 202 g/mol. The van der Waals surface area contributed by atoms with Gasteiger partial charge in [0.15, 0.2) is 0 Å². The Hall–Kier alpha value is -0.340. The molecule has 1 aliphatic carbocycles. The summed E-state index contributed by atoms with van der Waals surface area (Å²) in [4.78, 5) is 0. The van der Waals surface area contributed by atoms with Crippen molar-refractivity contribution in [1.82, 2.24) is 5.32 Å². The second-order valence-electron chi connectivity index (χ2n) is 4.59. The monoisotopic (exact) mass is 223 g/mol. The van der Waals surface area contributed by atoms with Crippen LogP contribution in [0.25, 0.3) is 0 Å². The van der Waals surface area contributed by atoms with Crippen molar-refractivity contribution in [3.8, 4) is 0 Å². The van der Waals surface area contributed by atoms with Gasteiger partial charge in [-0.3, -0.25) is 0 Å². The van der Waals surface area contributed by atoms with E-state index in [1.165, 1.54) is 32.2 Å². The molecule has 2 atom stereocenters. The zero-order valence-electron chi connectivity index (χ0n) is 9.54. The van der Waals surface area contributed by atoms with Gasteiger partial charge in [0.05, 0.1) is 0 Å². The summed E-state index contributed by atoms with van der Waals surface area (Å²) in [6, 6.07) is 2.29. The van der Waals surface area contributed by atoms with E-state index in [9.17, 15) is 0 Å². The van der Waals surface area contributed by atoms with E-state index in [-0.39, 0.29) is 0 Å². The summed E-state index contributed by atoms with van der Waals surface area (Å²) in [5, 5.41) is 8.01. The molecule has 1 heterocycles. The van der Waals surface area contributed by atoms with Crippen LogP contribution in [0.5, 0.6) is 0 Å². The maximum atomic E-state index is 3.50. The fraction of sp³-hybridized carbons (Fsp3) is 0.692. The van der Waals surface area contributed by atoms with Crippen molar-refractivity contribution < 1.29 is 0 Å². The van der Waals surface area contributed by atoms with Crippen LogP contribution in [0.15, 0.2) is 16.8 Å². The van der Waals surface area contributed by atoms with E-state index in [4.69, 9.17) is 0 Å². The van der Waals surface area contributed by atoms with Gasteiger partial charge in [-0.25, -0.2) is 0 Å². The van der Waals surface area contributed by atoms with E-state index >= 15 is 0 Å². The van der Waals surface area contributed by atoms with Crippen LogP contribution in [0.1, 0.15) is 31.7 Å². The summed E-state index contributed by atoms with van der Waals surface area (Å²) in [6.07, 6.45) is 5.61. The first kappa shape index (κ1) is 11.2. The molecule has 84 valence electrons. The lowest BCUT2D eigenvalue weighted by Crippen LogP contribution is -2.25. The summed E-state index contributed by atoms with van der Waals surface area (Å²) >= 11 is 1.83. The van der Waals surface area contributed by atoms with Gasteiger partial charge in [-0.15, -0.1) is 0 Å². The lowest BCUT2D eigenvalue weighted by Gasteiger charge is -2.19. The van der Waals surface area contributed by atoms with E-state index in [1.54, 1.807) is 5.56 Å². The second kappa shape index (κ2) is 5.66. The third kappa shape index (κ3) is 3.05. The van der Waals surface area contributed by atoms with Gasteiger partial charge in [0.1, 0.15) is 0 Å². The van der Waals surface area contributed by atoms with Crippen LogP contribution in [-0.4, -0.2) is 13.1 Å². The quantitative estimate of drug-likeness (QED) is 0.807. The number of thiophene rings is 1. The fourth-order valence-electron chi connectivity index (χ4n) is 2.69. The van der Waals surface area contributed by atoms with Gasteiger partial charge in [0.25, 0.3) is 0 Å². The van der Waals surface area contributed by atoms with Crippen LogP contribution in [0, 0.1) is 11.8 Å². The summed E-state index contributed by atoms with van der Waals surface area (Å²) < 4.78 is 0. The van der Waals surface area contributed by atoms with Gasteiger partial charge in [0.2, 0.25) is 0 Å². The molecule has 2 unspecified atom stereocenters. The Morgan fingerprint density at radius 3 is 3.00 bits per heavy atom. The van der Waals surface area contributed by atoms with Gasteiger partial charge in [-0.2, -0.15) is 11.3 Å². The zero-order valence-corrected chi connectivity index (χ0v) is 10.4. The van der Waals surface area contributed by atoms with Gasteiger partial charge in [-0.1, -0.05) is 13.3 Å². The summed E-state index contributed by atoms with van der Waals surface area (Å²) in [5.41, 5.74) is 1.55. The van der Waals surface area contributed by atoms with Crippen molar-refractivity contribution in [3.63, 3.8) is 0 Å². The smallest absolute Gasteiger partial charge is 0.00179 e. The molecule has 2 heteroatoms. The lowest BCUT2D eigenvalue weighted by molar-refractivity contribution is 0.368. The van der Waals surface area contributed by atoms with Crippen LogP contribution < -0.4 is 5.32 Å². The normalized spacial score (nSPS) is 25.9. The molecule has 0 radical (unpaired) electrons. The van der Waals surface area contributed by atoms with Crippen molar-refractivity contribution in [3.05, 3.63) is 22.4 Å². The summed E-state index contributed by atoms with van der Waals surface area (Å²) in [7, 11) is 0. The van der Waals surface area contributed by atoms with Crippen LogP contribution in [0.4, 0.5) is 0 Å². The van der Waals surface area contributed by atoms with E-state index in [2.05, 4.69) is 29.1 Å². The minimum atomic E-state index is 0.921. The Balaban J connectivity index is 1.85. The van der Waals surface area contributed by atoms with E-state index < -0.39 is 0 Å². The molecular formula is C13H21NS. The highest BCUT2D eigenvalue weighted by atomic mass is 32.1. The van der Waals surface area contributed by atoms with Crippen molar-refractivity contribution >= 4 is 11.3 Å². The third-order valence-corrected chi connectivity index (χ3v) is 4.28. The SMILES string of the molecule is CCNCC1CCCC1Cc1ccsc1. The van der Waals surface area contributed by atoms with Gasteiger partial charge < -0.3 is 5.32 Å². The summed E-state index contributed by atoms with van der Waals surface area (Å²) in [5.74, 6) is 1.85. The largest absolute Gasteiger partial charge is 0.317 e. The molecule has 0 amide bonds. The van der Waals surface area contributed by atoms with Crippen molar-refractivity contribution in [2.75, 3.05) is 13.1 Å². The van der Waals surface area contributed by atoms with Crippen molar-refractivity contribution in [1.29, 1.82) is 0 Å². The predicted molar refractivity (Wildman–Crippen MR) is 67.4 cm³/mol. The highest BCUT2D eigenvalue weighted by molar-refractivity contribution is 7.07. The van der Waals surface area contributed by atoms with Crippen molar-refractivity contribution in [2.45, 2.75) is 32.6 Å². The topological polar surface area (TPSA) is 12.0 Å². The molecule has 0 aliphatic heterocycles. The molecule has 1 nitrogen and oxygen atoms in total. The molecule has 0 bridgehead atoms. The second-order valence-corrected chi connectivity index (χ2v) is 5.37. The number of nitrogens with one attached hydrogen (secondary N) is 1. The lowest BCUT2D eigenvalue weighted by atomic mass is 9.90. The Labute approximate surface area is 96.9 Å². The number of rotatable bonds is 5. The predicted octanol–water partition coefficient (Wildman–Crippen LogP) is 3.32. The first-order valence-corrected chi connectivity index (χ1v) is 7.06. The maximum absolute atomic E-state index is 3.50. The number of hydrogen-bond donors (Lipinski definition) is 1. The minimum absolute atomic E-state index is 0.921. The van der Waals surface area contributed by atoms with Gasteiger partial charge in [0, 0.05) is 0 Å². The summed E-state index contributed by atoms with van der Waals surface area (Å²) in [6.45, 7) is 4.54. The molecule has 1 aromatic rings. The molecule has 2 rings (SSSR count). The molecule has 1 saturated carbocycles. The van der Waals surface area contributed by atoms with E-state index in [0.717, 1.165) is 18.4 Å². The maximum Gasteiger partial charge on any atom is -0.00179 e. The molecule has 0 aromatic carbocycles. The third-order valence-electron chi connectivity index (χ3n) is 3.55. The Kier molecular flexibility index (Phi) is 4.21. The van der Waals surface area contributed by atoms with Gasteiger partial charge in [-0.05, 0) is 66.6 Å². The van der Waals surface area contributed by atoms with Crippen LogP contribution in [0.3, 0.4) is 0 Å². The molecule has 1 fully saturated rings. The molecule has 0 spiro atoms. The minimum Gasteiger partial charge on any atom is -0.317 e. The van der Waals surface area contributed by atoms with Crippen LogP contribution >= 0.6 is 11.3 Å². The Morgan fingerprint density at radius 2 is 2.27 bits per heavy atom. The fourth-order valence-corrected chi connectivity index (χ4v) is 3.37. The molecule has 15 heavy (non-hydrogen) atoms. The first-order valence-electron chi connectivity index (χ1n) is 6.12. The number of hydrogen-bond acceptors (Lipinski definition) is 2. The average Bonchev–Trinajstić information content (AvgIpc) is 2.87. The molecule has 1 aliphatic rings. The van der Waals surface area contributed by atoms with E-state index in [1.807, 2.05) is 11.3 Å².